The number of nitrogens with zero attached hydrogens (tertiary/aromatic N) is 1. The Balaban J connectivity index is 2.78. The number of nitrogens with one attached hydrogen (secondary N) is 3. The van der Waals surface area contributed by atoms with Crippen molar-refractivity contribution < 1.29 is 29.3 Å². The van der Waals surface area contributed by atoms with E-state index < -0.39 is 35.8 Å². The molecule has 0 aliphatic rings. The Hall–Kier alpha value is -2.98. The molecule has 0 saturated carbocycles. The minimum atomic E-state index is -1.39. The number of hydrogen-bond donors (Lipinski definition) is 5. The number of hydrogen-bond acceptors (Lipinski definition) is 7. The van der Waals surface area contributed by atoms with Crippen molar-refractivity contribution in [1.82, 2.24) is 20.9 Å². The number of allylic oxidation sites excluding steroid dienone is 1. The van der Waals surface area contributed by atoms with Gasteiger partial charge < -0.3 is 25.6 Å². The summed E-state index contributed by atoms with van der Waals surface area (Å²) in [6, 6.07) is 3.73. The lowest BCUT2D eigenvalue weighted by atomic mass is 10.0. The second kappa shape index (κ2) is 11.4. The molecule has 31 heavy (non-hydrogen) atoms. The molecule has 2 amide bonds. The number of carbonyl (C=O) groups excluding carboxylic acids is 2. The Bertz CT molecular complexity index is 816. The van der Waals surface area contributed by atoms with Gasteiger partial charge in [-0.05, 0) is 45.7 Å². The molecule has 0 aromatic carbocycles. The summed E-state index contributed by atoms with van der Waals surface area (Å²) in [6.45, 7) is 10.3. The molecular formula is C21H32N4O6. The molecule has 0 saturated heterocycles. The van der Waals surface area contributed by atoms with E-state index in [-0.39, 0.29) is 23.9 Å². The van der Waals surface area contributed by atoms with Crippen LogP contribution in [-0.4, -0.2) is 51.0 Å². The maximum Gasteiger partial charge on any atom is 0.407 e. The van der Waals surface area contributed by atoms with E-state index >= 15 is 0 Å². The SMILES string of the molecule is C/C=C(\NC(=O)c1cccc(CNC(=O)OC(C)(C)C)n1)C(O)N[C@H](C(=O)O)C(C)C. The summed E-state index contributed by atoms with van der Waals surface area (Å²) in [7, 11) is 0. The van der Waals surface area contributed by atoms with Crippen LogP contribution in [-0.2, 0) is 16.1 Å². The smallest absolute Gasteiger partial charge is 0.407 e. The average molecular weight is 437 g/mol. The van der Waals surface area contributed by atoms with E-state index in [1.54, 1.807) is 53.7 Å². The standard InChI is InChI=1S/C21H32N4O6/c1-7-14(17(26)25-16(12(2)3)19(28)29)24-18(27)15-10-8-9-13(23-15)11-22-20(30)31-21(4,5)6/h7-10,12,16-17,25-26H,11H2,1-6H3,(H,22,30)(H,24,27)(H,28,29)/b14-7-/t16-,17?/m0/s1. The highest BCUT2D eigenvalue weighted by molar-refractivity contribution is 5.93. The molecule has 2 atom stereocenters. The van der Waals surface area contributed by atoms with Crippen molar-refractivity contribution >= 4 is 18.0 Å². The van der Waals surface area contributed by atoms with E-state index in [9.17, 15) is 24.6 Å². The van der Waals surface area contributed by atoms with E-state index in [1.807, 2.05) is 0 Å². The van der Waals surface area contributed by atoms with Gasteiger partial charge in [0.05, 0.1) is 17.9 Å². The normalized spacial score (nSPS) is 14.0. The van der Waals surface area contributed by atoms with Gasteiger partial charge in [-0.2, -0.15) is 0 Å². The lowest BCUT2D eigenvalue weighted by molar-refractivity contribution is -0.141. The Labute approximate surface area is 182 Å². The van der Waals surface area contributed by atoms with Crippen LogP contribution in [0.25, 0.3) is 0 Å². The first-order valence-corrected chi connectivity index (χ1v) is 9.91. The van der Waals surface area contributed by atoms with E-state index in [0.29, 0.717) is 5.69 Å². The summed E-state index contributed by atoms with van der Waals surface area (Å²) in [5.41, 5.74) is -0.0405. The molecule has 0 fully saturated rings. The Morgan fingerprint density at radius 2 is 1.87 bits per heavy atom. The highest BCUT2D eigenvalue weighted by Crippen LogP contribution is 2.08. The number of carbonyl (C=O) groups is 3. The first-order chi connectivity index (χ1) is 14.3. The third kappa shape index (κ3) is 9.14. The Kier molecular flexibility index (Phi) is 9.60. The molecule has 172 valence electrons. The number of aromatic nitrogens is 1. The molecule has 0 aliphatic heterocycles. The van der Waals surface area contributed by atoms with Crippen LogP contribution in [0.1, 0.15) is 57.7 Å². The topological polar surface area (TPSA) is 150 Å². The number of amides is 2. The van der Waals surface area contributed by atoms with Crippen molar-refractivity contribution in [2.45, 2.75) is 66.0 Å². The first-order valence-electron chi connectivity index (χ1n) is 9.91. The third-order valence-electron chi connectivity index (χ3n) is 3.99. The van der Waals surface area contributed by atoms with Crippen molar-refractivity contribution in [3.05, 3.63) is 41.4 Å². The van der Waals surface area contributed by atoms with Gasteiger partial charge in [0, 0.05) is 0 Å². The van der Waals surface area contributed by atoms with Crippen LogP contribution in [0.2, 0.25) is 0 Å². The maximum absolute atomic E-state index is 12.6. The average Bonchev–Trinajstić information content (AvgIpc) is 2.66. The number of aliphatic hydroxyl groups is 1. The van der Waals surface area contributed by atoms with E-state index in [4.69, 9.17) is 4.74 Å². The van der Waals surface area contributed by atoms with Gasteiger partial charge >= 0.3 is 12.1 Å². The van der Waals surface area contributed by atoms with Gasteiger partial charge in [-0.3, -0.25) is 14.9 Å². The summed E-state index contributed by atoms with van der Waals surface area (Å²) in [4.78, 5) is 39.9. The molecule has 0 radical (unpaired) electrons. The predicted molar refractivity (Wildman–Crippen MR) is 114 cm³/mol. The van der Waals surface area contributed by atoms with Gasteiger partial charge in [0.25, 0.3) is 5.91 Å². The van der Waals surface area contributed by atoms with Crippen LogP contribution >= 0.6 is 0 Å². The van der Waals surface area contributed by atoms with Gasteiger partial charge in [-0.15, -0.1) is 0 Å². The van der Waals surface area contributed by atoms with Gasteiger partial charge in [-0.1, -0.05) is 26.0 Å². The number of carboxylic acid groups (broad SMARTS) is 1. The van der Waals surface area contributed by atoms with Crippen molar-refractivity contribution in [3.63, 3.8) is 0 Å². The highest BCUT2D eigenvalue weighted by Gasteiger charge is 2.26. The van der Waals surface area contributed by atoms with Crippen molar-refractivity contribution in [2.24, 2.45) is 5.92 Å². The van der Waals surface area contributed by atoms with E-state index in [2.05, 4.69) is 20.9 Å². The summed E-state index contributed by atoms with van der Waals surface area (Å²) in [5.74, 6) is -1.98. The number of aliphatic carboxylic acids is 1. The molecule has 0 aliphatic carbocycles. The third-order valence-corrected chi connectivity index (χ3v) is 3.99. The quantitative estimate of drug-likeness (QED) is 0.368. The lowest BCUT2D eigenvalue weighted by Gasteiger charge is -2.24. The fourth-order valence-corrected chi connectivity index (χ4v) is 2.48. The molecular weight excluding hydrogens is 404 g/mol. The minimum absolute atomic E-state index is 0.0609. The Morgan fingerprint density at radius 3 is 2.39 bits per heavy atom. The van der Waals surface area contributed by atoms with Crippen LogP contribution in [0.15, 0.2) is 30.0 Å². The molecule has 1 unspecified atom stereocenters. The zero-order valence-electron chi connectivity index (χ0n) is 18.7. The van der Waals surface area contributed by atoms with E-state index in [0.717, 1.165) is 0 Å². The van der Waals surface area contributed by atoms with Crippen LogP contribution < -0.4 is 16.0 Å². The number of ether oxygens (including phenoxy) is 1. The van der Waals surface area contributed by atoms with Gasteiger partial charge in [-0.25, -0.2) is 9.78 Å². The summed E-state index contributed by atoms with van der Waals surface area (Å²) in [5, 5.41) is 27.3. The summed E-state index contributed by atoms with van der Waals surface area (Å²) >= 11 is 0. The van der Waals surface area contributed by atoms with Gasteiger partial charge in [0.2, 0.25) is 0 Å². The van der Waals surface area contributed by atoms with E-state index in [1.165, 1.54) is 12.1 Å². The zero-order valence-corrected chi connectivity index (χ0v) is 18.7. The summed E-state index contributed by atoms with van der Waals surface area (Å²) < 4.78 is 5.15. The number of carboxylic acids is 1. The second-order valence-corrected chi connectivity index (χ2v) is 8.20. The van der Waals surface area contributed by atoms with Crippen LogP contribution in [0.3, 0.4) is 0 Å². The van der Waals surface area contributed by atoms with Gasteiger partial charge in [0.1, 0.15) is 23.6 Å². The largest absolute Gasteiger partial charge is 0.480 e. The number of aliphatic hydroxyl groups excluding tert-OH is 1. The second-order valence-electron chi connectivity index (χ2n) is 8.20. The molecule has 1 heterocycles. The van der Waals surface area contributed by atoms with Crippen molar-refractivity contribution in [2.75, 3.05) is 0 Å². The number of alkyl carbamates (subject to hydrolysis) is 1. The predicted octanol–water partition coefficient (Wildman–Crippen LogP) is 1.76. The zero-order chi connectivity index (χ0) is 23.8. The number of rotatable bonds is 9. The minimum Gasteiger partial charge on any atom is -0.480 e. The van der Waals surface area contributed by atoms with Crippen LogP contribution in [0.4, 0.5) is 4.79 Å². The number of pyridine rings is 1. The van der Waals surface area contributed by atoms with Crippen LogP contribution in [0.5, 0.6) is 0 Å². The molecule has 1 aromatic heterocycles. The molecule has 10 nitrogen and oxygen atoms in total. The molecule has 5 N–H and O–H groups in total. The highest BCUT2D eigenvalue weighted by atomic mass is 16.6. The molecule has 0 bridgehead atoms. The van der Waals surface area contributed by atoms with Crippen LogP contribution in [0, 0.1) is 5.92 Å². The van der Waals surface area contributed by atoms with Crippen molar-refractivity contribution in [3.8, 4) is 0 Å². The summed E-state index contributed by atoms with van der Waals surface area (Å²) in [6.07, 6.45) is -0.537. The molecule has 1 rings (SSSR count). The fourth-order valence-electron chi connectivity index (χ4n) is 2.48. The maximum atomic E-state index is 12.6. The lowest BCUT2D eigenvalue weighted by Crippen LogP contribution is -2.49. The monoisotopic (exact) mass is 436 g/mol. The Morgan fingerprint density at radius 1 is 1.23 bits per heavy atom. The van der Waals surface area contributed by atoms with Crippen molar-refractivity contribution in [1.29, 1.82) is 0 Å². The first kappa shape index (κ1) is 26.1. The fraction of sp³-hybridized carbons (Fsp3) is 0.524. The van der Waals surface area contributed by atoms with Gasteiger partial charge in [0.15, 0.2) is 0 Å². The molecule has 0 spiro atoms. The molecule has 10 heteroatoms. The molecule has 1 aromatic rings.